The van der Waals surface area contributed by atoms with Gasteiger partial charge in [-0.3, -0.25) is 0 Å². The van der Waals surface area contributed by atoms with Gasteiger partial charge in [0.05, 0.1) is 33.3 Å². The van der Waals surface area contributed by atoms with Gasteiger partial charge in [0, 0.05) is 17.7 Å². The first-order valence-corrected chi connectivity index (χ1v) is 14.7. The van der Waals surface area contributed by atoms with Gasteiger partial charge >= 0.3 is 5.97 Å². The number of carboxylic acids is 1. The number of phenolic OH excluding ortho intramolecular Hbond substituents is 1. The van der Waals surface area contributed by atoms with Crippen LogP contribution in [0.2, 0.25) is 0 Å². The van der Waals surface area contributed by atoms with E-state index in [1.165, 1.54) is 20.3 Å². The molecule has 0 aromatic heterocycles. The quantitative estimate of drug-likeness (QED) is 0.203. The molecule has 14 nitrogen and oxygen atoms in total. The molecule has 14 heteroatoms. The summed E-state index contributed by atoms with van der Waals surface area (Å²) in [5, 5.41) is 64.9. The third-order valence-corrected chi connectivity index (χ3v) is 9.04. The average molecular weight is 640 g/mol. The number of aliphatic carboxylic acids is 1. The summed E-state index contributed by atoms with van der Waals surface area (Å²) in [5.74, 6) is -2.20. The van der Waals surface area contributed by atoms with Crippen molar-refractivity contribution < 1.29 is 63.9 Å². The van der Waals surface area contributed by atoms with Crippen LogP contribution in [0.5, 0.6) is 34.5 Å². The number of anilines is 1. The van der Waals surface area contributed by atoms with Crippen LogP contribution < -0.4 is 29.0 Å². The van der Waals surface area contributed by atoms with Crippen LogP contribution in [0.15, 0.2) is 36.4 Å². The molecule has 0 bridgehead atoms. The van der Waals surface area contributed by atoms with Crippen LogP contribution in [0.3, 0.4) is 0 Å². The van der Waals surface area contributed by atoms with Crippen LogP contribution in [-0.2, 0) is 16.0 Å². The van der Waals surface area contributed by atoms with Crippen molar-refractivity contribution in [2.24, 2.45) is 0 Å². The van der Waals surface area contributed by atoms with Crippen LogP contribution in [0.4, 0.5) is 5.69 Å². The molecule has 1 spiro atoms. The summed E-state index contributed by atoms with van der Waals surface area (Å²) in [6, 6.07) is 9.95. The Bertz CT molecular complexity index is 1710. The molecule has 7 N–H and O–H groups in total. The van der Waals surface area contributed by atoms with Gasteiger partial charge in [-0.05, 0) is 47.4 Å². The van der Waals surface area contributed by atoms with Crippen molar-refractivity contribution in [3.8, 4) is 45.6 Å². The Hall–Kier alpha value is -4.47. The third kappa shape index (κ3) is 4.40. The van der Waals surface area contributed by atoms with Crippen molar-refractivity contribution >= 4 is 11.7 Å². The highest BCUT2D eigenvalue weighted by atomic mass is 16.7. The Kier molecular flexibility index (Phi) is 7.29. The predicted octanol–water partition coefficient (Wildman–Crippen LogP) is 1.29. The van der Waals surface area contributed by atoms with Crippen molar-refractivity contribution in [3.05, 3.63) is 53.1 Å². The van der Waals surface area contributed by atoms with Gasteiger partial charge in [-0.25, -0.2) is 4.79 Å². The van der Waals surface area contributed by atoms with Gasteiger partial charge in [0.25, 0.3) is 5.79 Å². The van der Waals surface area contributed by atoms with Crippen molar-refractivity contribution in [3.63, 3.8) is 0 Å². The summed E-state index contributed by atoms with van der Waals surface area (Å²) in [7, 11) is 3.03. The second kappa shape index (κ2) is 11.1. The maximum absolute atomic E-state index is 11.9. The topological polar surface area (TPSA) is 206 Å². The molecule has 7 unspecified atom stereocenters. The number of aromatic hydroxyl groups is 1. The second-order valence-electron chi connectivity index (χ2n) is 11.6. The minimum atomic E-state index is -2.08. The van der Waals surface area contributed by atoms with E-state index >= 15 is 0 Å². The maximum Gasteiger partial charge on any atom is 0.335 e. The standard InChI is InChI=1S/C32H33NO13/c1-41-19-9-14(6-7-34)20-17-11-43-27-21(25(17)44-28(20)26(19)42-2)16(13-4-3-5-15(35)8-13)10-18-22(27)33-12-32(45-18)30(38)24(37)23(36)29(46-32)31(39)40/h3-5,8-10,17,23-25,29-30,33-38H,6-7,11-12H2,1-2H3,(H,39,40). The van der Waals surface area contributed by atoms with Crippen LogP contribution in [0.25, 0.3) is 11.1 Å². The zero-order valence-electron chi connectivity index (χ0n) is 24.8. The monoisotopic (exact) mass is 639 g/mol. The summed E-state index contributed by atoms with van der Waals surface area (Å²) in [6.07, 6.45) is -7.78. The van der Waals surface area contributed by atoms with E-state index in [0.29, 0.717) is 51.8 Å². The third-order valence-electron chi connectivity index (χ3n) is 9.04. The number of nitrogens with one attached hydrogen (secondary N) is 1. The highest BCUT2D eigenvalue weighted by Gasteiger charge is 2.59. The molecule has 1 fully saturated rings. The summed E-state index contributed by atoms with van der Waals surface area (Å²) in [5.41, 5.74) is 3.70. The van der Waals surface area contributed by atoms with Crippen LogP contribution in [0.1, 0.15) is 28.7 Å². The number of hydrogen-bond donors (Lipinski definition) is 7. The molecule has 3 aromatic rings. The minimum Gasteiger partial charge on any atom is -0.508 e. The largest absolute Gasteiger partial charge is 0.508 e. The van der Waals surface area contributed by atoms with Crippen LogP contribution >= 0.6 is 0 Å². The molecular formula is C32H33NO13. The Balaban J connectivity index is 1.39. The summed E-state index contributed by atoms with van der Waals surface area (Å²) < 4.78 is 36.2. The Morgan fingerprint density at radius 1 is 1.07 bits per heavy atom. The van der Waals surface area contributed by atoms with Gasteiger partial charge in [-0.15, -0.1) is 0 Å². The number of methoxy groups -OCH3 is 2. The molecular weight excluding hydrogens is 606 g/mol. The number of carbonyl (C=O) groups is 1. The minimum absolute atomic E-state index is 0.00697. The van der Waals surface area contributed by atoms with E-state index in [0.717, 1.165) is 11.1 Å². The number of benzene rings is 3. The molecule has 0 aliphatic carbocycles. The second-order valence-corrected chi connectivity index (χ2v) is 11.6. The van der Waals surface area contributed by atoms with Crippen molar-refractivity contribution in [1.82, 2.24) is 0 Å². The Morgan fingerprint density at radius 3 is 2.57 bits per heavy atom. The van der Waals surface area contributed by atoms with Gasteiger partial charge in [0.2, 0.25) is 5.75 Å². The van der Waals surface area contributed by atoms with E-state index in [1.807, 2.05) is 6.07 Å². The number of hydrogen-bond acceptors (Lipinski definition) is 13. The lowest BCUT2D eigenvalue weighted by molar-refractivity contribution is -0.325. The number of carboxylic acid groups (broad SMARTS) is 1. The zero-order chi connectivity index (χ0) is 32.5. The SMILES string of the molecule is COc1cc(CCO)c2c(c1OC)OC1c3c(-c4cccc(O)c4)cc4c(c3OCC21)NCC1(O4)OC(C(=O)O)C(O)C(O)C1O. The predicted molar refractivity (Wildman–Crippen MR) is 158 cm³/mol. The smallest absolute Gasteiger partial charge is 0.335 e. The molecule has 0 saturated carbocycles. The average Bonchev–Trinajstić information content (AvgIpc) is 3.44. The normalized spacial score (nSPS) is 28.7. The lowest BCUT2D eigenvalue weighted by Gasteiger charge is -2.49. The van der Waals surface area contributed by atoms with E-state index < -0.39 is 42.3 Å². The Labute approximate surface area is 262 Å². The fourth-order valence-corrected chi connectivity index (χ4v) is 6.93. The fraction of sp³-hybridized carbons (Fsp3) is 0.406. The molecule has 7 atom stereocenters. The van der Waals surface area contributed by atoms with Gasteiger partial charge in [0.1, 0.15) is 35.9 Å². The lowest BCUT2D eigenvalue weighted by atomic mass is 9.82. The van der Waals surface area contributed by atoms with Gasteiger partial charge < -0.3 is 64.4 Å². The molecule has 0 amide bonds. The van der Waals surface area contributed by atoms with Crippen LogP contribution in [-0.4, -0.2) is 101 Å². The maximum atomic E-state index is 11.9. The highest BCUT2D eigenvalue weighted by Crippen LogP contribution is 2.62. The Morgan fingerprint density at radius 2 is 1.87 bits per heavy atom. The summed E-state index contributed by atoms with van der Waals surface area (Å²) >= 11 is 0. The van der Waals surface area contributed by atoms with E-state index in [1.54, 1.807) is 24.3 Å². The number of ether oxygens (including phenoxy) is 6. The van der Waals surface area contributed by atoms with Crippen molar-refractivity contribution in [1.29, 1.82) is 0 Å². The number of aliphatic hydroxyl groups excluding tert-OH is 4. The molecule has 244 valence electrons. The van der Waals surface area contributed by atoms with Gasteiger partial charge in [0.15, 0.2) is 29.1 Å². The summed E-state index contributed by atoms with van der Waals surface area (Å²) in [6.45, 7) is -0.256. The number of phenols is 1. The van der Waals surface area contributed by atoms with E-state index in [2.05, 4.69) is 5.32 Å². The first-order valence-electron chi connectivity index (χ1n) is 14.7. The molecule has 1 saturated heterocycles. The molecule has 0 radical (unpaired) electrons. The van der Waals surface area contributed by atoms with Crippen molar-refractivity contribution in [2.75, 3.05) is 39.3 Å². The molecule has 4 heterocycles. The molecule has 7 rings (SSSR count). The molecule has 4 aliphatic heterocycles. The van der Waals surface area contributed by atoms with Crippen LogP contribution in [0, 0.1) is 0 Å². The highest BCUT2D eigenvalue weighted by molar-refractivity contribution is 5.84. The van der Waals surface area contributed by atoms with E-state index in [-0.39, 0.29) is 37.2 Å². The number of rotatable bonds is 6. The molecule has 3 aromatic carbocycles. The first-order chi connectivity index (χ1) is 22.1. The zero-order valence-corrected chi connectivity index (χ0v) is 24.8. The molecule has 4 aliphatic rings. The van der Waals surface area contributed by atoms with E-state index in [9.17, 15) is 35.4 Å². The lowest BCUT2D eigenvalue weighted by Crippen LogP contribution is -2.71. The van der Waals surface area contributed by atoms with E-state index in [4.69, 9.17) is 28.4 Å². The first kappa shape index (κ1) is 30.2. The summed E-state index contributed by atoms with van der Waals surface area (Å²) in [4.78, 5) is 11.9. The number of fused-ring (bicyclic) bond motifs is 7. The van der Waals surface area contributed by atoms with Gasteiger partial charge in [-0.1, -0.05) is 12.1 Å². The fourth-order valence-electron chi connectivity index (χ4n) is 6.93. The molecule has 46 heavy (non-hydrogen) atoms. The van der Waals surface area contributed by atoms with Crippen molar-refractivity contribution in [2.45, 2.75) is 48.6 Å². The van der Waals surface area contributed by atoms with Gasteiger partial charge in [-0.2, -0.15) is 0 Å². The number of aliphatic hydroxyl groups is 4.